The maximum absolute atomic E-state index is 13.3. The van der Waals surface area contributed by atoms with Crippen LogP contribution in [0.4, 0.5) is 5.00 Å². The topological polar surface area (TPSA) is 96.2 Å². The summed E-state index contributed by atoms with van der Waals surface area (Å²) in [5, 5.41) is 2.43. The summed E-state index contributed by atoms with van der Waals surface area (Å²) in [6, 6.07) is 8.14. The zero-order valence-corrected chi connectivity index (χ0v) is 19.0. The highest BCUT2D eigenvalue weighted by atomic mass is 32.1. The first-order valence-electron chi connectivity index (χ1n) is 11.2. The Morgan fingerprint density at radius 3 is 2.66 bits per heavy atom. The summed E-state index contributed by atoms with van der Waals surface area (Å²) in [7, 11) is 1.37. The molecule has 3 saturated heterocycles. The molecule has 2 N–H and O–H groups in total. The van der Waals surface area contributed by atoms with Crippen LogP contribution in [-0.4, -0.2) is 71.9 Å². The van der Waals surface area contributed by atoms with Crippen LogP contribution < -0.4 is 5.73 Å². The number of nitrogens with zero attached hydrogens (tertiary/aromatic N) is 3. The lowest BCUT2D eigenvalue weighted by molar-refractivity contribution is -0.183. The number of fused-ring (bicyclic) bond motifs is 1. The minimum absolute atomic E-state index is 0.000758. The summed E-state index contributed by atoms with van der Waals surface area (Å²) < 4.78 is 1.03. The Kier molecular flexibility index (Phi) is 5.43. The van der Waals surface area contributed by atoms with Gasteiger partial charge in [-0.15, -0.1) is 11.3 Å². The number of carbonyl (C=O) groups is 3. The van der Waals surface area contributed by atoms with Crippen molar-refractivity contribution in [3.63, 3.8) is 0 Å². The molecule has 9 heteroatoms. The van der Waals surface area contributed by atoms with Crippen molar-refractivity contribution in [1.29, 1.82) is 0 Å². The van der Waals surface area contributed by atoms with Gasteiger partial charge in [-0.3, -0.25) is 24.1 Å². The van der Waals surface area contributed by atoms with Crippen molar-refractivity contribution in [3.8, 4) is 0 Å². The minimum Gasteiger partial charge on any atom is -0.390 e. The maximum Gasteiger partial charge on any atom is 0.261 e. The number of hydrogen-bond donors (Lipinski definition) is 1. The summed E-state index contributed by atoms with van der Waals surface area (Å²) in [6.07, 6.45) is 3.51. The molecule has 0 bridgehead atoms. The van der Waals surface area contributed by atoms with Gasteiger partial charge in [0.25, 0.3) is 17.7 Å². The van der Waals surface area contributed by atoms with E-state index in [-0.39, 0.29) is 24.1 Å². The molecular formula is C23H28N4O4S. The van der Waals surface area contributed by atoms with Gasteiger partial charge in [0.1, 0.15) is 0 Å². The van der Waals surface area contributed by atoms with Gasteiger partial charge in [0, 0.05) is 42.2 Å². The molecule has 2 aromatic rings. The smallest absolute Gasteiger partial charge is 0.261 e. The van der Waals surface area contributed by atoms with Gasteiger partial charge in [0.05, 0.1) is 23.1 Å². The maximum atomic E-state index is 13.3. The third kappa shape index (κ3) is 3.39. The molecule has 1 aromatic carbocycles. The number of rotatable bonds is 3. The van der Waals surface area contributed by atoms with E-state index < -0.39 is 5.41 Å². The Labute approximate surface area is 190 Å². The number of hydrogen-bond acceptors (Lipinski definition) is 7. The molecule has 3 aliphatic rings. The molecule has 3 aliphatic heterocycles. The minimum atomic E-state index is -0.664. The zero-order chi connectivity index (χ0) is 22.5. The quantitative estimate of drug-likeness (QED) is 0.713. The Hall–Kier alpha value is -2.49. The van der Waals surface area contributed by atoms with Gasteiger partial charge in [-0.25, -0.2) is 0 Å². The second kappa shape index (κ2) is 8.13. The van der Waals surface area contributed by atoms with Crippen molar-refractivity contribution >= 4 is 44.1 Å². The Bertz CT molecular complexity index is 1080. The fraction of sp³-hybridized carbons (Fsp3) is 0.522. The van der Waals surface area contributed by atoms with Crippen LogP contribution in [0.3, 0.4) is 0 Å². The Balaban J connectivity index is 1.26. The molecule has 8 nitrogen and oxygen atoms in total. The molecule has 0 aliphatic carbocycles. The summed E-state index contributed by atoms with van der Waals surface area (Å²) in [4.78, 5) is 47.6. The number of hydroxylamine groups is 2. The Morgan fingerprint density at radius 1 is 1.19 bits per heavy atom. The van der Waals surface area contributed by atoms with Crippen molar-refractivity contribution in [2.24, 2.45) is 5.41 Å². The van der Waals surface area contributed by atoms with E-state index in [2.05, 4.69) is 4.90 Å². The normalized spacial score (nSPS) is 25.4. The number of nitrogens with two attached hydrogens (primary N) is 1. The molecule has 0 radical (unpaired) electrons. The molecule has 1 aromatic heterocycles. The first kappa shape index (κ1) is 21.4. The number of amides is 3. The van der Waals surface area contributed by atoms with Crippen LogP contribution in [0.15, 0.2) is 24.3 Å². The van der Waals surface area contributed by atoms with Crippen molar-refractivity contribution in [3.05, 3.63) is 29.8 Å². The molecule has 3 amide bonds. The first-order valence-corrected chi connectivity index (χ1v) is 12.0. The van der Waals surface area contributed by atoms with E-state index in [9.17, 15) is 14.4 Å². The van der Waals surface area contributed by atoms with Crippen molar-refractivity contribution < 1.29 is 19.2 Å². The van der Waals surface area contributed by atoms with Crippen molar-refractivity contribution in [1.82, 2.24) is 14.9 Å². The third-order valence-corrected chi connectivity index (χ3v) is 8.25. The fourth-order valence-electron chi connectivity index (χ4n) is 5.63. The number of likely N-dealkylation sites (tertiary alicyclic amines) is 2. The van der Waals surface area contributed by atoms with Crippen LogP contribution in [0.5, 0.6) is 0 Å². The number of nitrogen functional groups attached to an aromatic ring is 1. The van der Waals surface area contributed by atoms with Gasteiger partial charge in [-0.05, 0) is 38.3 Å². The first-order chi connectivity index (χ1) is 15.4. The molecule has 1 spiro atoms. The van der Waals surface area contributed by atoms with Crippen molar-refractivity contribution in [2.45, 2.75) is 38.1 Å². The van der Waals surface area contributed by atoms with Crippen LogP contribution in [-0.2, 0) is 14.4 Å². The lowest BCUT2D eigenvalue weighted by atomic mass is 9.77. The number of piperidine rings is 2. The summed E-state index contributed by atoms with van der Waals surface area (Å²) in [5.41, 5.74) is 6.16. The van der Waals surface area contributed by atoms with Gasteiger partial charge in [0.2, 0.25) is 0 Å². The summed E-state index contributed by atoms with van der Waals surface area (Å²) in [6.45, 7) is 2.82. The zero-order valence-electron chi connectivity index (χ0n) is 18.2. The predicted molar refractivity (Wildman–Crippen MR) is 122 cm³/mol. The lowest BCUT2D eigenvalue weighted by Gasteiger charge is -2.45. The summed E-state index contributed by atoms with van der Waals surface area (Å²) >= 11 is 1.46. The van der Waals surface area contributed by atoms with E-state index in [0.717, 1.165) is 47.4 Å². The van der Waals surface area contributed by atoms with Crippen molar-refractivity contribution in [2.75, 3.05) is 39.0 Å². The second-order valence-electron chi connectivity index (χ2n) is 9.07. The molecule has 1 unspecified atom stereocenters. The van der Waals surface area contributed by atoms with Gasteiger partial charge in [-0.1, -0.05) is 18.2 Å². The molecule has 4 heterocycles. The third-order valence-electron chi connectivity index (χ3n) is 7.25. The molecule has 32 heavy (non-hydrogen) atoms. The van der Waals surface area contributed by atoms with Crippen LogP contribution in [0.1, 0.15) is 42.5 Å². The molecule has 1 atom stereocenters. The highest BCUT2D eigenvalue weighted by Gasteiger charge is 2.54. The van der Waals surface area contributed by atoms with Crippen LogP contribution in [0.2, 0.25) is 0 Å². The van der Waals surface area contributed by atoms with Crippen LogP contribution in [0.25, 0.3) is 10.1 Å². The molecular weight excluding hydrogens is 428 g/mol. The number of anilines is 1. The van der Waals surface area contributed by atoms with E-state index in [1.165, 1.54) is 18.4 Å². The van der Waals surface area contributed by atoms with Gasteiger partial charge < -0.3 is 10.6 Å². The summed E-state index contributed by atoms with van der Waals surface area (Å²) in [5.74, 6) is -0.455. The average Bonchev–Trinajstić information content (AvgIpc) is 3.25. The largest absolute Gasteiger partial charge is 0.390 e. The Morgan fingerprint density at radius 2 is 1.94 bits per heavy atom. The average molecular weight is 457 g/mol. The highest BCUT2D eigenvalue weighted by molar-refractivity contribution is 7.23. The number of carbonyl (C=O) groups excluding carboxylic acids is 3. The van der Waals surface area contributed by atoms with E-state index in [4.69, 9.17) is 10.6 Å². The molecule has 5 rings (SSSR count). The molecule has 170 valence electrons. The standard InChI is InChI=1S/C23H28N4O4S/c1-31-27-18(28)13-23(22(27)30)9-4-10-26(14-23)15-7-11-25(12-8-15)21(29)19-16-5-2-3-6-17(16)32-20(19)24/h2-3,5-6,15H,4,7-14,24H2,1H3. The molecule has 3 fully saturated rings. The highest BCUT2D eigenvalue weighted by Crippen LogP contribution is 2.42. The second-order valence-corrected chi connectivity index (χ2v) is 10.2. The van der Waals surface area contributed by atoms with E-state index in [1.807, 2.05) is 29.2 Å². The van der Waals surface area contributed by atoms with E-state index in [1.54, 1.807) is 0 Å². The van der Waals surface area contributed by atoms with Gasteiger partial charge in [-0.2, -0.15) is 5.06 Å². The SMILES string of the molecule is CON1C(=O)CC2(CCCN(C3CCN(C(=O)c4c(N)sc5ccccc45)CC3)C2)C1=O. The van der Waals surface area contributed by atoms with Gasteiger partial charge >= 0.3 is 0 Å². The monoisotopic (exact) mass is 456 g/mol. The number of thiophene rings is 1. The van der Waals surface area contributed by atoms with Gasteiger partial charge in [0.15, 0.2) is 0 Å². The predicted octanol–water partition coefficient (Wildman–Crippen LogP) is 2.49. The van der Waals surface area contributed by atoms with E-state index in [0.29, 0.717) is 36.2 Å². The number of imide groups is 1. The van der Waals surface area contributed by atoms with E-state index >= 15 is 0 Å². The molecule has 0 saturated carbocycles. The van der Waals surface area contributed by atoms with Crippen LogP contribution >= 0.6 is 11.3 Å². The van der Waals surface area contributed by atoms with Crippen LogP contribution in [0, 0.1) is 5.41 Å². The fourth-order valence-corrected chi connectivity index (χ4v) is 6.59. The lowest BCUT2D eigenvalue weighted by Crippen LogP contribution is -2.54. The number of benzene rings is 1.